The lowest BCUT2D eigenvalue weighted by atomic mass is 10.1. The summed E-state index contributed by atoms with van der Waals surface area (Å²) >= 11 is 11.8. The van der Waals surface area contributed by atoms with Crippen LogP contribution in [0.5, 0.6) is 0 Å². The van der Waals surface area contributed by atoms with Gasteiger partial charge in [-0.3, -0.25) is 4.79 Å². The van der Waals surface area contributed by atoms with Crippen LogP contribution in [0.1, 0.15) is 44.6 Å². The van der Waals surface area contributed by atoms with Crippen molar-refractivity contribution in [3.8, 4) is 0 Å². The van der Waals surface area contributed by atoms with Gasteiger partial charge in [0.1, 0.15) is 0 Å². The molecule has 0 aliphatic rings. The van der Waals surface area contributed by atoms with Gasteiger partial charge in [0, 0.05) is 17.0 Å². The SMILES string of the molecule is CCCCCCC(=O)N/N=C/c1ccc(Cl)cc1Cl. The van der Waals surface area contributed by atoms with Crippen LogP contribution in [0.4, 0.5) is 0 Å². The minimum atomic E-state index is -0.0718. The Kier molecular flexibility index (Phi) is 7.53. The van der Waals surface area contributed by atoms with Crippen molar-refractivity contribution in [3.05, 3.63) is 33.8 Å². The van der Waals surface area contributed by atoms with Crippen LogP contribution in [0.25, 0.3) is 0 Å². The summed E-state index contributed by atoms with van der Waals surface area (Å²) in [6.45, 7) is 2.14. The summed E-state index contributed by atoms with van der Waals surface area (Å²) in [6.07, 6.45) is 6.33. The number of hydrazone groups is 1. The predicted octanol–water partition coefficient (Wildman–Crippen LogP) is 4.41. The van der Waals surface area contributed by atoms with Gasteiger partial charge in [-0.15, -0.1) is 0 Å². The van der Waals surface area contributed by atoms with Crippen molar-refractivity contribution in [1.29, 1.82) is 0 Å². The van der Waals surface area contributed by atoms with Crippen LogP contribution in [-0.2, 0) is 4.79 Å². The van der Waals surface area contributed by atoms with Crippen LogP contribution in [0.3, 0.4) is 0 Å². The Morgan fingerprint density at radius 3 is 2.79 bits per heavy atom. The molecule has 0 spiro atoms. The minimum Gasteiger partial charge on any atom is -0.273 e. The second kappa shape index (κ2) is 8.94. The molecule has 3 nitrogen and oxygen atoms in total. The molecule has 0 aliphatic heterocycles. The Balaban J connectivity index is 2.34. The second-order valence-electron chi connectivity index (χ2n) is 4.27. The Labute approximate surface area is 124 Å². The lowest BCUT2D eigenvalue weighted by Crippen LogP contribution is -2.16. The molecule has 19 heavy (non-hydrogen) atoms. The molecule has 0 saturated heterocycles. The van der Waals surface area contributed by atoms with Gasteiger partial charge in [0.15, 0.2) is 0 Å². The smallest absolute Gasteiger partial charge is 0.240 e. The van der Waals surface area contributed by atoms with E-state index in [1.165, 1.54) is 6.21 Å². The normalized spacial score (nSPS) is 10.9. The van der Waals surface area contributed by atoms with Crippen molar-refractivity contribution >= 4 is 35.3 Å². The molecular formula is C14H18Cl2N2O. The number of rotatable bonds is 7. The first kappa shape index (κ1) is 16.0. The van der Waals surface area contributed by atoms with E-state index >= 15 is 0 Å². The van der Waals surface area contributed by atoms with Crippen LogP contribution in [0, 0.1) is 0 Å². The quantitative estimate of drug-likeness (QED) is 0.452. The Morgan fingerprint density at radius 1 is 1.32 bits per heavy atom. The first-order valence-corrected chi connectivity index (χ1v) is 7.16. The fraction of sp³-hybridized carbons (Fsp3) is 0.429. The van der Waals surface area contributed by atoms with Gasteiger partial charge in [-0.25, -0.2) is 5.43 Å². The maximum atomic E-state index is 11.5. The Bertz CT molecular complexity index is 447. The number of carbonyl (C=O) groups excluding carboxylic acids is 1. The summed E-state index contributed by atoms with van der Waals surface area (Å²) in [5.41, 5.74) is 3.21. The molecule has 0 fully saturated rings. The zero-order chi connectivity index (χ0) is 14.1. The molecule has 1 rings (SSSR count). The van der Waals surface area contributed by atoms with Crippen LogP contribution in [-0.4, -0.2) is 12.1 Å². The van der Waals surface area contributed by atoms with Crippen molar-refractivity contribution in [2.45, 2.75) is 39.0 Å². The first-order chi connectivity index (χ1) is 9.13. The first-order valence-electron chi connectivity index (χ1n) is 6.40. The number of hydrogen-bond acceptors (Lipinski definition) is 2. The average molecular weight is 301 g/mol. The topological polar surface area (TPSA) is 41.5 Å². The third-order valence-electron chi connectivity index (χ3n) is 2.61. The van der Waals surface area contributed by atoms with Crippen molar-refractivity contribution in [2.75, 3.05) is 0 Å². The Hall–Kier alpha value is -1.06. The Morgan fingerprint density at radius 2 is 2.11 bits per heavy atom. The standard InChI is InChI=1S/C14H18Cl2N2O/c1-2-3-4-5-6-14(19)18-17-10-11-7-8-12(15)9-13(11)16/h7-10H,2-6H2,1H3,(H,18,19)/b17-10+. The molecule has 1 aromatic carbocycles. The molecule has 0 aliphatic carbocycles. The lowest BCUT2D eigenvalue weighted by molar-refractivity contribution is -0.121. The molecule has 104 valence electrons. The molecule has 0 atom stereocenters. The van der Waals surface area contributed by atoms with E-state index in [0.717, 1.165) is 31.2 Å². The summed E-state index contributed by atoms with van der Waals surface area (Å²) in [6, 6.07) is 5.11. The van der Waals surface area contributed by atoms with E-state index in [4.69, 9.17) is 23.2 Å². The van der Waals surface area contributed by atoms with E-state index in [1.807, 2.05) is 0 Å². The zero-order valence-electron chi connectivity index (χ0n) is 11.0. The van der Waals surface area contributed by atoms with Crippen molar-refractivity contribution in [1.82, 2.24) is 5.43 Å². The largest absolute Gasteiger partial charge is 0.273 e. The maximum Gasteiger partial charge on any atom is 0.240 e. The summed E-state index contributed by atoms with van der Waals surface area (Å²) in [4.78, 5) is 11.5. The molecule has 0 heterocycles. The van der Waals surface area contributed by atoms with Crippen molar-refractivity contribution < 1.29 is 4.79 Å². The molecule has 0 bridgehead atoms. The molecule has 0 unspecified atom stereocenters. The number of unbranched alkanes of at least 4 members (excludes halogenated alkanes) is 3. The maximum absolute atomic E-state index is 11.5. The second-order valence-corrected chi connectivity index (χ2v) is 5.11. The summed E-state index contributed by atoms with van der Waals surface area (Å²) in [5, 5.41) is 4.96. The summed E-state index contributed by atoms with van der Waals surface area (Å²) < 4.78 is 0. The zero-order valence-corrected chi connectivity index (χ0v) is 12.5. The van der Waals surface area contributed by atoms with Gasteiger partial charge in [-0.05, 0) is 18.6 Å². The molecule has 1 amide bonds. The van der Waals surface area contributed by atoms with Gasteiger partial charge in [0.05, 0.1) is 11.2 Å². The van der Waals surface area contributed by atoms with Crippen LogP contribution in [0.2, 0.25) is 10.0 Å². The molecule has 1 aromatic rings. The van der Waals surface area contributed by atoms with E-state index < -0.39 is 0 Å². The van der Waals surface area contributed by atoms with Gasteiger partial charge in [-0.1, -0.05) is 55.5 Å². The van der Waals surface area contributed by atoms with Crippen molar-refractivity contribution in [3.63, 3.8) is 0 Å². The number of hydrogen-bond donors (Lipinski definition) is 1. The van der Waals surface area contributed by atoms with Gasteiger partial charge in [-0.2, -0.15) is 5.10 Å². The molecular weight excluding hydrogens is 283 g/mol. The molecule has 1 N–H and O–H groups in total. The highest BCUT2D eigenvalue weighted by atomic mass is 35.5. The summed E-state index contributed by atoms with van der Waals surface area (Å²) in [7, 11) is 0. The van der Waals surface area contributed by atoms with Gasteiger partial charge in [0.2, 0.25) is 5.91 Å². The third kappa shape index (κ3) is 6.60. The fourth-order valence-electron chi connectivity index (χ4n) is 1.55. The molecule has 0 radical (unpaired) electrons. The highest BCUT2D eigenvalue weighted by Gasteiger charge is 2.00. The van der Waals surface area contributed by atoms with E-state index in [2.05, 4.69) is 17.5 Å². The fourth-order valence-corrected chi connectivity index (χ4v) is 2.01. The van der Waals surface area contributed by atoms with E-state index in [-0.39, 0.29) is 5.91 Å². The van der Waals surface area contributed by atoms with Gasteiger partial charge in [0.25, 0.3) is 0 Å². The van der Waals surface area contributed by atoms with Gasteiger partial charge < -0.3 is 0 Å². The summed E-state index contributed by atoms with van der Waals surface area (Å²) in [5.74, 6) is -0.0718. The molecule has 0 saturated carbocycles. The number of benzene rings is 1. The van der Waals surface area contributed by atoms with E-state index in [9.17, 15) is 4.79 Å². The van der Waals surface area contributed by atoms with Gasteiger partial charge >= 0.3 is 0 Å². The number of carbonyl (C=O) groups is 1. The number of halogens is 2. The average Bonchev–Trinajstić information content (AvgIpc) is 2.37. The number of amides is 1. The van der Waals surface area contributed by atoms with E-state index in [1.54, 1.807) is 18.2 Å². The number of nitrogens with one attached hydrogen (secondary N) is 1. The lowest BCUT2D eigenvalue weighted by Gasteiger charge is -2.00. The molecule has 0 aromatic heterocycles. The highest BCUT2D eigenvalue weighted by Crippen LogP contribution is 2.19. The van der Waals surface area contributed by atoms with E-state index in [0.29, 0.717) is 16.5 Å². The van der Waals surface area contributed by atoms with Crippen LogP contribution < -0.4 is 5.43 Å². The van der Waals surface area contributed by atoms with Crippen LogP contribution in [0.15, 0.2) is 23.3 Å². The minimum absolute atomic E-state index is 0.0718. The predicted molar refractivity (Wildman–Crippen MR) is 81.0 cm³/mol. The van der Waals surface area contributed by atoms with Crippen molar-refractivity contribution in [2.24, 2.45) is 5.10 Å². The monoisotopic (exact) mass is 300 g/mol. The number of nitrogens with zero attached hydrogens (tertiary/aromatic N) is 1. The third-order valence-corrected chi connectivity index (χ3v) is 3.18. The van der Waals surface area contributed by atoms with Crippen LogP contribution >= 0.6 is 23.2 Å². The molecule has 5 heteroatoms. The highest BCUT2D eigenvalue weighted by molar-refractivity contribution is 6.36.